The number of nitrogens with zero attached hydrogens (tertiary/aromatic N) is 1. The Morgan fingerprint density at radius 3 is 2.14 bits per heavy atom. The fourth-order valence-corrected chi connectivity index (χ4v) is 2.13. The topological polar surface area (TPSA) is 50.1 Å². The number of rotatable bonds is 3. The van der Waals surface area contributed by atoms with Gasteiger partial charge in [0.15, 0.2) is 0 Å². The lowest BCUT2D eigenvalue weighted by atomic mass is 9.88. The number of carbonyl (C=O) groups excluding carboxylic acids is 1. The molecule has 0 heterocycles. The van der Waals surface area contributed by atoms with Gasteiger partial charge in [-0.1, -0.05) is 32.9 Å². The molecule has 22 heavy (non-hydrogen) atoms. The molecule has 112 valence electrons. The average molecular weight is 293 g/mol. The first-order valence-corrected chi connectivity index (χ1v) is 7.19. The molecule has 2 aromatic rings. The SMILES string of the molecule is CC(C)(C)Cc1ccc(OC(=O)c2ccc(C#N)cc2)cc1. The van der Waals surface area contributed by atoms with Crippen LogP contribution in [0.3, 0.4) is 0 Å². The Morgan fingerprint density at radius 2 is 1.64 bits per heavy atom. The molecule has 0 aliphatic rings. The van der Waals surface area contributed by atoms with E-state index in [4.69, 9.17) is 10.00 Å². The summed E-state index contributed by atoms with van der Waals surface area (Å²) in [6.07, 6.45) is 0.969. The normalized spacial score (nSPS) is 10.8. The minimum atomic E-state index is -0.423. The number of hydrogen-bond acceptors (Lipinski definition) is 3. The van der Waals surface area contributed by atoms with Crippen molar-refractivity contribution in [2.24, 2.45) is 5.41 Å². The average Bonchev–Trinajstić information content (AvgIpc) is 2.48. The van der Waals surface area contributed by atoms with Crippen LogP contribution in [-0.4, -0.2) is 5.97 Å². The van der Waals surface area contributed by atoms with Gasteiger partial charge in [-0.2, -0.15) is 5.26 Å². The van der Waals surface area contributed by atoms with Gasteiger partial charge < -0.3 is 4.74 Å². The maximum Gasteiger partial charge on any atom is 0.343 e. The van der Waals surface area contributed by atoms with Crippen LogP contribution in [0.25, 0.3) is 0 Å². The van der Waals surface area contributed by atoms with Gasteiger partial charge in [-0.05, 0) is 53.8 Å². The molecule has 3 nitrogen and oxygen atoms in total. The largest absolute Gasteiger partial charge is 0.423 e. The summed E-state index contributed by atoms with van der Waals surface area (Å²) in [7, 11) is 0. The highest BCUT2D eigenvalue weighted by Crippen LogP contribution is 2.22. The van der Waals surface area contributed by atoms with Crippen molar-refractivity contribution in [2.75, 3.05) is 0 Å². The van der Waals surface area contributed by atoms with E-state index in [1.165, 1.54) is 5.56 Å². The molecule has 0 spiro atoms. The van der Waals surface area contributed by atoms with Crippen LogP contribution in [0.4, 0.5) is 0 Å². The summed E-state index contributed by atoms with van der Waals surface area (Å²) in [4.78, 5) is 12.0. The van der Waals surface area contributed by atoms with E-state index in [-0.39, 0.29) is 5.41 Å². The lowest BCUT2D eigenvalue weighted by Crippen LogP contribution is -2.10. The predicted molar refractivity (Wildman–Crippen MR) is 85.7 cm³/mol. The van der Waals surface area contributed by atoms with E-state index >= 15 is 0 Å². The fraction of sp³-hybridized carbons (Fsp3) is 0.263. The van der Waals surface area contributed by atoms with Gasteiger partial charge in [0.1, 0.15) is 5.75 Å². The van der Waals surface area contributed by atoms with Crippen molar-refractivity contribution in [2.45, 2.75) is 27.2 Å². The Balaban J connectivity index is 2.04. The third-order valence-corrected chi connectivity index (χ3v) is 3.12. The Kier molecular flexibility index (Phi) is 4.62. The number of carbonyl (C=O) groups is 1. The Hall–Kier alpha value is -2.60. The Morgan fingerprint density at radius 1 is 1.05 bits per heavy atom. The van der Waals surface area contributed by atoms with E-state index in [0.717, 1.165) is 6.42 Å². The third-order valence-electron chi connectivity index (χ3n) is 3.12. The quantitative estimate of drug-likeness (QED) is 0.624. The molecule has 0 N–H and O–H groups in total. The minimum absolute atomic E-state index is 0.223. The second-order valence-electron chi connectivity index (χ2n) is 6.46. The molecule has 0 unspecified atom stereocenters. The zero-order valence-electron chi connectivity index (χ0n) is 13.1. The van der Waals surface area contributed by atoms with Gasteiger partial charge in [0.2, 0.25) is 0 Å². The molecule has 0 saturated heterocycles. The molecule has 0 saturated carbocycles. The van der Waals surface area contributed by atoms with Crippen molar-refractivity contribution >= 4 is 5.97 Å². The van der Waals surface area contributed by atoms with Crippen LogP contribution in [0.2, 0.25) is 0 Å². The number of esters is 1. The second kappa shape index (κ2) is 6.44. The van der Waals surface area contributed by atoms with Crippen LogP contribution >= 0.6 is 0 Å². The summed E-state index contributed by atoms with van der Waals surface area (Å²) in [5.41, 5.74) is 2.38. The molecule has 0 aromatic heterocycles. The number of ether oxygens (including phenoxy) is 1. The molecule has 0 atom stereocenters. The molecule has 0 bridgehead atoms. The van der Waals surface area contributed by atoms with Gasteiger partial charge in [-0.15, -0.1) is 0 Å². The highest BCUT2D eigenvalue weighted by atomic mass is 16.5. The zero-order chi connectivity index (χ0) is 16.2. The van der Waals surface area contributed by atoms with Crippen LogP contribution in [-0.2, 0) is 6.42 Å². The molecule has 0 amide bonds. The van der Waals surface area contributed by atoms with Crippen LogP contribution in [0.15, 0.2) is 48.5 Å². The van der Waals surface area contributed by atoms with Gasteiger partial charge in [-0.3, -0.25) is 0 Å². The van der Waals surface area contributed by atoms with Crippen molar-refractivity contribution in [3.8, 4) is 11.8 Å². The molecule has 0 fully saturated rings. The monoisotopic (exact) mass is 293 g/mol. The molecule has 2 rings (SSSR count). The second-order valence-corrected chi connectivity index (χ2v) is 6.46. The van der Waals surface area contributed by atoms with E-state index in [0.29, 0.717) is 16.9 Å². The molecule has 0 radical (unpaired) electrons. The molecule has 3 heteroatoms. The summed E-state index contributed by atoms with van der Waals surface area (Å²) in [6.45, 7) is 6.56. The van der Waals surface area contributed by atoms with Crippen LogP contribution in [0.1, 0.15) is 42.3 Å². The van der Waals surface area contributed by atoms with E-state index in [1.807, 2.05) is 30.3 Å². The van der Waals surface area contributed by atoms with Crippen molar-refractivity contribution < 1.29 is 9.53 Å². The molecule has 0 aliphatic heterocycles. The van der Waals surface area contributed by atoms with Gasteiger partial charge in [-0.25, -0.2) is 4.79 Å². The van der Waals surface area contributed by atoms with Gasteiger partial charge in [0.05, 0.1) is 17.2 Å². The van der Waals surface area contributed by atoms with Crippen LogP contribution in [0.5, 0.6) is 5.75 Å². The molecular formula is C19H19NO2. The van der Waals surface area contributed by atoms with E-state index < -0.39 is 5.97 Å². The summed E-state index contributed by atoms with van der Waals surface area (Å²) in [6, 6.07) is 16.0. The van der Waals surface area contributed by atoms with Gasteiger partial charge in [0.25, 0.3) is 0 Å². The standard InChI is InChI=1S/C19H19NO2/c1-19(2,3)12-14-6-10-17(11-7-14)22-18(21)16-8-4-15(13-20)5-9-16/h4-11H,12H2,1-3H3. The molecule has 2 aromatic carbocycles. The fourth-order valence-electron chi connectivity index (χ4n) is 2.13. The highest BCUT2D eigenvalue weighted by molar-refractivity contribution is 5.91. The smallest absolute Gasteiger partial charge is 0.343 e. The van der Waals surface area contributed by atoms with Gasteiger partial charge in [0, 0.05) is 0 Å². The van der Waals surface area contributed by atoms with E-state index in [1.54, 1.807) is 24.3 Å². The third kappa shape index (κ3) is 4.46. The van der Waals surface area contributed by atoms with Crippen molar-refractivity contribution in [3.63, 3.8) is 0 Å². The lowest BCUT2D eigenvalue weighted by Gasteiger charge is -2.18. The summed E-state index contributed by atoms with van der Waals surface area (Å²) in [5.74, 6) is 0.0973. The molecule has 0 aliphatic carbocycles. The molecular weight excluding hydrogens is 274 g/mol. The van der Waals surface area contributed by atoms with Crippen LogP contribution in [0, 0.1) is 16.7 Å². The maximum atomic E-state index is 12.0. The number of hydrogen-bond donors (Lipinski definition) is 0. The summed E-state index contributed by atoms with van der Waals surface area (Å²) < 4.78 is 5.34. The summed E-state index contributed by atoms with van der Waals surface area (Å²) >= 11 is 0. The van der Waals surface area contributed by atoms with Crippen molar-refractivity contribution in [1.29, 1.82) is 5.26 Å². The van der Waals surface area contributed by atoms with E-state index in [2.05, 4.69) is 20.8 Å². The van der Waals surface area contributed by atoms with Crippen LogP contribution < -0.4 is 4.74 Å². The van der Waals surface area contributed by atoms with E-state index in [9.17, 15) is 4.79 Å². The first kappa shape index (κ1) is 15.8. The first-order chi connectivity index (χ1) is 10.4. The first-order valence-electron chi connectivity index (χ1n) is 7.19. The summed E-state index contributed by atoms with van der Waals surface area (Å²) in [5, 5.41) is 8.74. The van der Waals surface area contributed by atoms with Crippen molar-refractivity contribution in [3.05, 3.63) is 65.2 Å². The zero-order valence-corrected chi connectivity index (χ0v) is 13.1. The highest BCUT2D eigenvalue weighted by Gasteiger charge is 2.12. The maximum absolute atomic E-state index is 12.0. The lowest BCUT2D eigenvalue weighted by molar-refractivity contribution is 0.0734. The Bertz CT molecular complexity index is 686. The predicted octanol–water partition coefficient (Wildman–Crippen LogP) is 4.37. The minimum Gasteiger partial charge on any atom is -0.423 e. The number of benzene rings is 2. The van der Waals surface area contributed by atoms with Crippen molar-refractivity contribution in [1.82, 2.24) is 0 Å². The Labute approximate surface area is 131 Å². The number of nitriles is 1. The van der Waals surface area contributed by atoms with Gasteiger partial charge >= 0.3 is 5.97 Å².